The molecule has 0 aromatic heterocycles. The monoisotopic (exact) mass is 451 g/mol. The average molecular weight is 451 g/mol. The Balaban J connectivity index is 1.90. The van der Waals surface area contributed by atoms with Gasteiger partial charge in [0.25, 0.3) is 11.1 Å². The summed E-state index contributed by atoms with van der Waals surface area (Å²) < 4.78 is 45.3. The summed E-state index contributed by atoms with van der Waals surface area (Å²) >= 11 is 0.516. The van der Waals surface area contributed by atoms with Gasteiger partial charge < -0.3 is 9.84 Å². The molecule has 3 rings (SSSR count). The quantitative estimate of drug-likeness (QED) is 0.609. The van der Waals surface area contributed by atoms with Crippen LogP contribution in [0.4, 0.5) is 23.7 Å². The van der Waals surface area contributed by atoms with Gasteiger partial charge in [0, 0.05) is 0 Å². The van der Waals surface area contributed by atoms with Crippen molar-refractivity contribution in [1.82, 2.24) is 0 Å². The molecule has 0 radical (unpaired) electrons. The van der Waals surface area contributed by atoms with E-state index in [0.29, 0.717) is 22.2 Å². The maximum Gasteiger partial charge on any atom is 0.418 e. The number of hydrogen-bond donors (Lipinski definition) is 1. The molecule has 1 heterocycles. The number of nitrogens with zero attached hydrogens (tertiary/aromatic N) is 1. The number of carboxylic acids is 1. The first kappa shape index (κ1) is 22.4. The van der Waals surface area contributed by atoms with E-state index in [9.17, 15) is 27.6 Å². The van der Waals surface area contributed by atoms with Crippen LogP contribution in [0.1, 0.15) is 24.5 Å². The average Bonchev–Trinajstić information content (AvgIpc) is 2.98. The fourth-order valence-electron chi connectivity index (χ4n) is 2.89. The van der Waals surface area contributed by atoms with E-state index >= 15 is 0 Å². The molecule has 2 amide bonds. The normalized spacial score (nSPS) is 16.6. The number of halogens is 3. The Morgan fingerprint density at radius 2 is 1.90 bits per heavy atom. The third-order valence-electron chi connectivity index (χ3n) is 4.32. The van der Waals surface area contributed by atoms with Crippen molar-refractivity contribution >= 4 is 40.6 Å². The molecule has 1 atom stereocenters. The topological polar surface area (TPSA) is 83.9 Å². The number of carboxylic acid groups (broad SMARTS) is 1. The Kier molecular flexibility index (Phi) is 6.40. The number of carbonyl (C=O) groups is 3. The molecule has 162 valence electrons. The van der Waals surface area contributed by atoms with Crippen LogP contribution in [0, 0.1) is 0 Å². The molecular weight excluding hydrogens is 435 g/mol. The van der Waals surface area contributed by atoms with E-state index < -0.39 is 40.6 Å². The molecule has 1 saturated heterocycles. The maximum absolute atomic E-state index is 13.3. The molecule has 1 N–H and O–H groups in total. The van der Waals surface area contributed by atoms with Gasteiger partial charge in [-0.25, -0.2) is 9.69 Å². The number of amides is 2. The number of alkyl halides is 3. The predicted octanol–water partition coefficient (Wildman–Crippen LogP) is 5.19. The second kappa shape index (κ2) is 8.84. The van der Waals surface area contributed by atoms with E-state index in [1.165, 1.54) is 30.3 Å². The zero-order valence-corrected chi connectivity index (χ0v) is 16.9. The minimum Gasteiger partial charge on any atom is -0.479 e. The standard InChI is InChI=1S/C21H16F3NO5S/c1-2-16(19(27)28)30-13-7-5-6-12(10-13)11-17-18(26)25(20(29)31-17)15-9-4-3-8-14(15)21(22,23)24/h3-11,16H,2H2,1H3,(H,27,28)/b17-11+. The number of para-hydroxylation sites is 1. The highest BCUT2D eigenvalue weighted by Gasteiger charge is 2.42. The van der Waals surface area contributed by atoms with Gasteiger partial charge in [-0.05, 0) is 54.1 Å². The molecule has 1 unspecified atom stereocenters. The predicted molar refractivity (Wildman–Crippen MR) is 109 cm³/mol. The third-order valence-corrected chi connectivity index (χ3v) is 5.19. The molecule has 0 aliphatic carbocycles. The summed E-state index contributed by atoms with van der Waals surface area (Å²) in [5.74, 6) is -1.77. The van der Waals surface area contributed by atoms with Gasteiger partial charge in [0.2, 0.25) is 0 Å². The van der Waals surface area contributed by atoms with Gasteiger partial charge in [-0.2, -0.15) is 13.2 Å². The van der Waals surface area contributed by atoms with Gasteiger partial charge in [-0.15, -0.1) is 0 Å². The summed E-state index contributed by atoms with van der Waals surface area (Å²) in [7, 11) is 0. The summed E-state index contributed by atoms with van der Waals surface area (Å²) in [6.45, 7) is 1.65. The van der Waals surface area contributed by atoms with Crippen molar-refractivity contribution in [1.29, 1.82) is 0 Å². The molecule has 10 heteroatoms. The number of thioether (sulfide) groups is 1. The minimum absolute atomic E-state index is 0.0654. The molecule has 6 nitrogen and oxygen atoms in total. The summed E-state index contributed by atoms with van der Waals surface area (Å²) in [5.41, 5.74) is -1.20. The van der Waals surface area contributed by atoms with Crippen LogP contribution in [-0.4, -0.2) is 28.3 Å². The van der Waals surface area contributed by atoms with Crippen LogP contribution >= 0.6 is 11.8 Å². The zero-order chi connectivity index (χ0) is 22.8. The molecule has 31 heavy (non-hydrogen) atoms. The van der Waals surface area contributed by atoms with Gasteiger partial charge in [0.05, 0.1) is 16.2 Å². The highest BCUT2D eigenvalue weighted by molar-refractivity contribution is 8.19. The molecule has 0 bridgehead atoms. The van der Waals surface area contributed by atoms with Gasteiger partial charge in [-0.1, -0.05) is 31.2 Å². The van der Waals surface area contributed by atoms with Crippen molar-refractivity contribution < 1.29 is 37.4 Å². The number of carbonyl (C=O) groups excluding carboxylic acids is 2. The Morgan fingerprint density at radius 3 is 2.55 bits per heavy atom. The van der Waals surface area contributed by atoms with Gasteiger partial charge >= 0.3 is 12.1 Å². The number of ether oxygens (including phenoxy) is 1. The van der Waals surface area contributed by atoms with Crippen LogP contribution in [0.3, 0.4) is 0 Å². The lowest BCUT2D eigenvalue weighted by atomic mass is 10.1. The number of rotatable bonds is 6. The van der Waals surface area contributed by atoms with Gasteiger partial charge in [0.15, 0.2) is 6.10 Å². The first-order valence-corrected chi connectivity index (χ1v) is 9.87. The maximum atomic E-state index is 13.3. The number of aliphatic carboxylic acids is 1. The molecule has 1 aliphatic rings. The molecule has 1 fully saturated rings. The second-order valence-corrected chi connectivity index (χ2v) is 7.45. The number of imide groups is 1. The molecule has 2 aromatic rings. The zero-order valence-electron chi connectivity index (χ0n) is 16.1. The first-order chi connectivity index (χ1) is 14.6. The third kappa shape index (κ3) is 4.91. The van der Waals surface area contributed by atoms with E-state index in [0.717, 1.165) is 12.1 Å². The minimum atomic E-state index is -4.74. The Hall–Kier alpha value is -3.27. The van der Waals surface area contributed by atoms with E-state index in [-0.39, 0.29) is 17.1 Å². The van der Waals surface area contributed by atoms with Crippen molar-refractivity contribution in [2.45, 2.75) is 25.6 Å². The lowest BCUT2D eigenvalue weighted by Gasteiger charge is -2.18. The van der Waals surface area contributed by atoms with Crippen LogP contribution in [0.15, 0.2) is 53.4 Å². The molecule has 0 spiro atoms. The summed E-state index contributed by atoms with van der Waals surface area (Å²) in [4.78, 5) is 36.7. The van der Waals surface area contributed by atoms with Crippen LogP contribution in [0.2, 0.25) is 0 Å². The molecule has 0 saturated carbocycles. The lowest BCUT2D eigenvalue weighted by Crippen LogP contribution is -2.30. The SMILES string of the molecule is CCC(Oc1cccc(/C=C2/SC(=O)N(c3ccccc3C(F)(F)F)C2=O)c1)C(=O)O. The summed E-state index contributed by atoms with van der Waals surface area (Å²) in [6.07, 6.45) is -4.21. The first-order valence-electron chi connectivity index (χ1n) is 9.05. The van der Waals surface area contributed by atoms with E-state index in [1.54, 1.807) is 19.1 Å². The van der Waals surface area contributed by atoms with E-state index in [1.807, 2.05) is 0 Å². The second-order valence-electron chi connectivity index (χ2n) is 6.46. The Labute approximate surface area is 179 Å². The fraction of sp³-hybridized carbons (Fsp3) is 0.190. The van der Waals surface area contributed by atoms with Gasteiger partial charge in [0.1, 0.15) is 5.75 Å². The van der Waals surface area contributed by atoms with Crippen molar-refractivity contribution in [2.24, 2.45) is 0 Å². The Morgan fingerprint density at radius 1 is 1.19 bits per heavy atom. The van der Waals surface area contributed by atoms with Crippen LogP contribution in [0.25, 0.3) is 6.08 Å². The number of hydrogen-bond acceptors (Lipinski definition) is 5. The highest BCUT2D eigenvalue weighted by atomic mass is 32.2. The van der Waals surface area contributed by atoms with E-state index in [2.05, 4.69) is 0 Å². The van der Waals surface area contributed by atoms with Crippen molar-refractivity contribution in [3.8, 4) is 5.75 Å². The van der Waals surface area contributed by atoms with Gasteiger partial charge in [-0.3, -0.25) is 9.59 Å². The Bertz CT molecular complexity index is 1070. The summed E-state index contributed by atoms with van der Waals surface area (Å²) in [5, 5.41) is 8.26. The lowest BCUT2D eigenvalue weighted by molar-refractivity contribution is -0.145. The summed E-state index contributed by atoms with van der Waals surface area (Å²) in [6, 6.07) is 10.5. The van der Waals surface area contributed by atoms with Crippen LogP contribution < -0.4 is 9.64 Å². The van der Waals surface area contributed by atoms with Crippen molar-refractivity contribution in [2.75, 3.05) is 4.90 Å². The molecule has 1 aliphatic heterocycles. The van der Waals surface area contributed by atoms with Crippen LogP contribution in [0.5, 0.6) is 5.75 Å². The molecular formula is C21H16F3NO5S. The van der Waals surface area contributed by atoms with E-state index in [4.69, 9.17) is 9.84 Å². The number of anilines is 1. The number of benzene rings is 2. The fourth-order valence-corrected chi connectivity index (χ4v) is 3.72. The smallest absolute Gasteiger partial charge is 0.418 e. The van der Waals surface area contributed by atoms with Crippen molar-refractivity contribution in [3.05, 3.63) is 64.6 Å². The molecule has 2 aromatic carbocycles. The largest absolute Gasteiger partial charge is 0.479 e. The highest BCUT2D eigenvalue weighted by Crippen LogP contribution is 2.42. The van der Waals surface area contributed by atoms with Crippen LogP contribution in [-0.2, 0) is 15.8 Å². The van der Waals surface area contributed by atoms with Crippen molar-refractivity contribution in [3.63, 3.8) is 0 Å².